The summed E-state index contributed by atoms with van der Waals surface area (Å²) < 4.78 is 0. The smallest absolute Gasteiger partial charge is 0.129 e. The van der Waals surface area contributed by atoms with Crippen molar-refractivity contribution in [3.8, 4) is 11.1 Å². The molecule has 0 amide bonds. The van der Waals surface area contributed by atoms with Gasteiger partial charge in [0.25, 0.3) is 0 Å². The number of hydrogen-bond acceptors (Lipinski definition) is 3. The molecule has 1 aromatic carbocycles. The van der Waals surface area contributed by atoms with Gasteiger partial charge >= 0.3 is 0 Å². The summed E-state index contributed by atoms with van der Waals surface area (Å²) in [5.41, 5.74) is 7.40. The minimum absolute atomic E-state index is 0.104. The van der Waals surface area contributed by atoms with Crippen LogP contribution in [0.15, 0.2) is 43.1 Å². The van der Waals surface area contributed by atoms with Gasteiger partial charge in [0.1, 0.15) is 5.15 Å². The maximum Gasteiger partial charge on any atom is 0.129 e. The average Bonchev–Trinajstić information content (AvgIpc) is 2.94. The fourth-order valence-corrected chi connectivity index (χ4v) is 3.59. The van der Waals surface area contributed by atoms with Crippen molar-refractivity contribution in [2.75, 3.05) is 0 Å². The molecule has 4 nitrogen and oxygen atoms in total. The molecule has 27 heavy (non-hydrogen) atoms. The molecule has 0 bridgehead atoms. The molecule has 0 unspecified atom stereocenters. The summed E-state index contributed by atoms with van der Waals surface area (Å²) in [6, 6.07) is 9.49. The standard InChI is InChI=1S/C21H21Cl2N3O/c1-12-20(18-8-19(23)25-10-16(18)11-27)13(2)26-21(12)14(3)24-9-15-5-4-6-17(22)7-15/h4-8,10,24,26-27H,3,9,11H2,1-2H3. The Morgan fingerprint density at radius 3 is 2.74 bits per heavy atom. The van der Waals surface area contributed by atoms with Gasteiger partial charge in [-0.3, -0.25) is 0 Å². The van der Waals surface area contributed by atoms with Gasteiger partial charge in [-0.1, -0.05) is 41.9 Å². The van der Waals surface area contributed by atoms with Crippen molar-refractivity contribution >= 4 is 28.9 Å². The van der Waals surface area contributed by atoms with E-state index in [0.29, 0.717) is 16.7 Å². The lowest BCUT2D eigenvalue weighted by atomic mass is 9.98. The zero-order chi connectivity index (χ0) is 19.6. The summed E-state index contributed by atoms with van der Waals surface area (Å²) in [5.74, 6) is 0. The lowest BCUT2D eigenvalue weighted by Gasteiger charge is -2.11. The summed E-state index contributed by atoms with van der Waals surface area (Å²) in [4.78, 5) is 7.46. The van der Waals surface area contributed by atoms with Crippen molar-refractivity contribution in [1.29, 1.82) is 0 Å². The topological polar surface area (TPSA) is 60.9 Å². The molecule has 0 saturated heterocycles. The Labute approximate surface area is 168 Å². The normalized spacial score (nSPS) is 10.9. The zero-order valence-corrected chi connectivity index (χ0v) is 16.7. The average molecular weight is 402 g/mol. The lowest BCUT2D eigenvalue weighted by Crippen LogP contribution is -2.11. The number of aliphatic hydroxyl groups excluding tert-OH is 1. The van der Waals surface area contributed by atoms with Gasteiger partial charge in [-0.05, 0) is 48.7 Å². The Morgan fingerprint density at radius 2 is 2.04 bits per heavy atom. The SMILES string of the molecule is C=C(NCc1cccc(Cl)c1)c1[nH]c(C)c(-c2cc(Cl)ncc2CO)c1C. The fourth-order valence-electron chi connectivity index (χ4n) is 3.22. The van der Waals surface area contributed by atoms with E-state index in [9.17, 15) is 5.11 Å². The van der Waals surface area contributed by atoms with Crippen LogP contribution in [-0.4, -0.2) is 15.1 Å². The second-order valence-electron chi connectivity index (χ2n) is 6.41. The molecule has 0 atom stereocenters. The zero-order valence-electron chi connectivity index (χ0n) is 15.2. The first kappa shape index (κ1) is 19.5. The molecule has 2 heterocycles. The highest BCUT2D eigenvalue weighted by atomic mass is 35.5. The molecule has 0 aliphatic rings. The van der Waals surface area contributed by atoms with Crippen LogP contribution in [0.1, 0.15) is 28.1 Å². The minimum Gasteiger partial charge on any atom is -0.392 e. The molecule has 2 aromatic heterocycles. The highest BCUT2D eigenvalue weighted by molar-refractivity contribution is 6.30. The number of nitrogens with one attached hydrogen (secondary N) is 2. The molecule has 0 aliphatic carbocycles. The predicted molar refractivity (Wildman–Crippen MR) is 112 cm³/mol. The van der Waals surface area contributed by atoms with E-state index in [1.807, 2.05) is 38.1 Å². The number of aromatic amines is 1. The van der Waals surface area contributed by atoms with Crippen molar-refractivity contribution in [2.24, 2.45) is 0 Å². The predicted octanol–water partition coefficient (Wildman–Crippen LogP) is 5.25. The van der Waals surface area contributed by atoms with Gasteiger partial charge in [0.05, 0.1) is 18.0 Å². The molecule has 0 fully saturated rings. The van der Waals surface area contributed by atoms with Crippen LogP contribution in [0.25, 0.3) is 16.8 Å². The van der Waals surface area contributed by atoms with E-state index in [0.717, 1.165) is 44.9 Å². The van der Waals surface area contributed by atoms with Gasteiger partial charge in [-0.15, -0.1) is 0 Å². The molecule has 6 heteroatoms. The van der Waals surface area contributed by atoms with Gasteiger partial charge in [0.2, 0.25) is 0 Å². The van der Waals surface area contributed by atoms with Gasteiger partial charge < -0.3 is 15.4 Å². The third kappa shape index (κ3) is 4.19. The van der Waals surface area contributed by atoms with Crippen LogP contribution in [0.2, 0.25) is 10.2 Å². The Bertz CT molecular complexity index is 995. The van der Waals surface area contributed by atoms with Crippen LogP contribution >= 0.6 is 23.2 Å². The number of pyridine rings is 1. The van der Waals surface area contributed by atoms with E-state index in [-0.39, 0.29) is 6.61 Å². The first-order valence-electron chi connectivity index (χ1n) is 8.53. The summed E-state index contributed by atoms with van der Waals surface area (Å²) in [5, 5.41) is 14.1. The maximum absolute atomic E-state index is 9.67. The lowest BCUT2D eigenvalue weighted by molar-refractivity contribution is 0.282. The van der Waals surface area contributed by atoms with E-state index in [1.54, 1.807) is 12.3 Å². The number of aliphatic hydroxyl groups is 1. The van der Waals surface area contributed by atoms with E-state index >= 15 is 0 Å². The molecule has 3 rings (SSSR count). The number of nitrogens with zero attached hydrogens (tertiary/aromatic N) is 1. The Hall–Kier alpha value is -2.27. The second-order valence-corrected chi connectivity index (χ2v) is 7.23. The van der Waals surface area contributed by atoms with Crippen molar-refractivity contribution in [1.82, 2.24) is 15.3 Å². The van der Waals surface area contributed by atoms with Gasteiger partial charge in [0.15, 0.2) is 0 Å². The van der Waals surface area contributed by atoms with E-state index in [4.69, 9.17) is 23.2 Å². The number of benzene rings is 1. The number of hydrogen-bond donors (Lipinski definition) is 3. The summed E-state index contributed by atoms with van der Waals surface area (Å²) in [7, 11) is 0. The maximum atomic E-state index is 9.67. The first-order valence-corrected chi connectivity index (χ1v) is 9.28. The Kier molecular flexibility index (Phi) is 5.90. The van der Waals surface area contributed by atoms with Crippen LogP contribution in [0.4, 0.5) is 0 Å². The fraction of sp³-hybridized carbons (Fsp3) is 0.190. The molecule has 140 valence electrons. The van der Waals surface area contributed by atoms with Crippen molar-refractivity contribution in [3.63, 3.8) is 0 Å². The van der Waals surface area contributed by atoms with E-state index in [2.05, 4.69) is 21.9 Å². The Morgan fingerprint density at radius 1 is 1.26 bits per heavy atom. The molecule has 3 aromatic rings. The van der Waals surface area contributed by atoms with Crippen molar-refractivity contribution < 1.29 is 5.11 Å². The Balaban J connectivity index is 1.89. The number of rotatable bonds is 6. The van der Waals surface area contributed by atoms with Crippen LogP contribution in [-0.2, 0) is 13.2 Å². The third-order valence-electron chi connectivity index (χ3n) is 4.53. The number of aromatic nitrogens is 2. The molecule has 0 aliphatic heterocycles. The van der Waals surface area contributed by atoms with Gasteiger partial charge in [-0.25, -0.2) is 4.98 Å². The van der Waals surface area contributed by atoms with Crippen molar-refractivity contribution in [3.05, 3.63) is 81.4 Å². The quantitative estimate of drug-likeness (QED) is 0.494. The van der Waals surface area contributed by atoms with Gasteiger partial charge in [-0.2, -0.15) is 0 Å². The highest BCUT2D eigenvalue weighted by Crippen LogP contribution is 2.34. The third-order valence-corrected chi connectivity index (χ3v) is 4.97. The minimum atomic E-state index is -0.104. The van der Waals surface area contributed by atoms with Crippen LogP contribution in [0.5, 0.6) is 0 Å². The van der Waals surface area contributed by atoms with Crippen LogP contribution in [0, 0.1) is 13.8 Å². The highest BCUT2D eigenvalue weighted by Gasteiger charge is 2.18. The van der Waals surface area contributed by atoms with Crippen LogP contribution < -0.4 is 5.32 Å². The van der Waals surface area contributed by atoms with Crippen LogP contribution in [0.3, 0.4) is 0 Å². The summed E-state index contributed by atoms with van der Waals surface area (Å²) >= 11 is 12.1. The largest absolute Gasteiger partial charge is 0.392 e. The summed E-state index contributed by atoms with van der Waals surface area (Å²) in [6.07, 6.45) is 1.61. The number of H-pyrrole nitrogens is 1. The molecule has 0 spiro atoms. The molecular formula is C21H21Cl2N3O. The summed E-state index contributed by atoms with van der Waals surface area (Å²) in [6.45, 7) is 8.70. The number of aryl methyl sites for hydroxylation is 1. The molecular weight excluding hydrogens is 381 g/mol. The molecule has 0 radical (unpaired) electrons. The van der Waals surface area contributed by atoms with E-state index < -0.39 is 0 Å². The first-order chi connectivity index (χ1) is 12.9. The second kappa shape index (κ2) is 8.17. The van der Waals surface area contributed by atoms with Crippen molar-refractivity contribution in [2.45, 2.75) is 27.0 Å². The molecule has 0 saturated carbocycles. The monoisotopic (exact) mass is 401 g/mol. The molecule has 3 N–H and O–H groups in total. The van der Waals surface area contributed by atoms with E-state index in [1.165, 1.54) is 0 Å². The van der Waals surface area contributed by atoms with Gasteiger partial charge in [0, 0.05) is 34.6 Å². The number of halogens is 2.